The molecule has 0 heterocycles. The maximum absolute atomic E-state index is 11.3. The van der Waals surface area contributed by atoms with Gasteiger partial charge < -0.3 is 4.74 Å². The number of rotatable bonds is 4. The van der Waals surface area contributed by atoms with Crippen molar-refractivity contribution < 1.29 is 14.3 Å². The van der Waals surface area contributed by atoms with Crippen LogP contribution in [0, 0.1) is 0 Å². The number of hydrogen-bond acceptors (Lipinski definition) is 3. The first-order valence-electron chi connectivity index (χ1n) is 4.52. The molecule has 15 heavy (non-hydrogen) atoms. The molecule has 1 aromatic rings. The second-order valence-electron chi connectivity index (χ2n) is 2.99. The van der Waals surface area contributed by atoms with Crippen LogP contribution in [0.25, 0.3) is 0 Å². The Labute approximate surface area is 96.6 Å². The highest BCUT2D eigenvalue weighted by Crippen LogP contribution is 2.30. The molecule has 0 saturated heterocycles. The summed E-state index contributed by atoms with van der Waals surface area (Å²) >= 11 is 3.28. The minimum Gasteiger partial charge on any atom is -0.493 e. The number of aldehydes is 1. The zero-order chi connectivity index (χ0) is 11.4. The predicted molar refractivity (Wildman–Crippen MR) is 60.7 cm³/mol. The average molecular weight is 271 g/mol. The first-order valence-corrected chi connectivity index (χ1v) is 5.32. The van der Waals surface area contributed by atoms with Crippen LogP contribution >= 0.6 is 15.9 Å². The van der Waals surface area contributed by atoms with E-state index in [0.29, 0.717) is 34.2 Å². The van der Waals surface area contributed by atoms with Crippen molar-refractivity contribution >= 4 is 28.0 Å². The van der Waals surface area contributed by atoms with Gasteiger partial charge in [-0.2, -0.15) is 0 Å². The first kappa shape index (κ1) is 11.9. The quantitative estimate of drug-likeness (QED) is 0.624. The Kier molecular flexibility index (Phi) is 4.03. The van der Waals surface area contributed by atoms with Crippen molar-refractivity contribution in [1.82, 2.24) is 0 Å². The van der Waals surface area contributed by atoms with Crippen molar-refractivity contribution in [2.75, 3.05) is 6.61 Å². The van der Waals surface area contributed by atoms with Gasteiger partial charge in [-0.15, -0.1) is 0 Å². The molecule has 0 bridgehead atoms. The normalized spacial score (nSPS) is 9.80. The topological polar surface area (TPSA) is 43.4 Å². The smallest absolute Gasteiger partial charge is 0.161 e. The molecular formula is C11H11BrO3. The Bertz CT molecular complexity index is 399. The second-order valence-corrected chi connectivity index (χ2v) is 3.78. The number of halogens is 1. The monoisotopic (exact) mass is 270 g/mol. The lowest BCUT2D eigenvalue weighted by Gasteiger charge is -2.09. The standard InChI is InChI=1S/C11H11BrO3/c1-3-15-10-5-8(6-13)4-9(7(2)14)11(10)12/h4-6H,3H2,1-2H3. The van der Waals surface area contributed by atoms with E-state index in [1.54, 1.807) is 12.1 Å². The fourth-order valence-corrected chi connectivity index (χ4v) is 1.83. The second kappa shape index (κ2) is 5.07. The van der Waals surface area contributed by atoms with Crippen molar-refractivity contribution in [2.45, 2.75) is 13.8 Å². The molecule has 0 N–H and O–H groups in total. The van der Waals surface area contributed by atoms with Crippen LogP contribution in [-0.2, 0) is 0 Å². The number of benzene rings is 1. The van der Waals surface area contributed by atoms with Gasteiger partial charge in [0, 0.05) is 11.1 Å². The van der Waals surface area contributed by atoms with Crippen molar-refractivity contribution in [3.05, 3.63) is 27.7 Å². The molecule has 0 aliphatic heterocycles. The van der Waals surface area contributed by atoms with E-state index >= 15 is 0 Å². The Morgan fingerprint density at radius 3 is 2.67 bits per heavy atom. The van der Waals surface area contributed by atoms with Crippen molar-refractivity contribution in [1.29, 1.82) is 0 Å². The van der Waals surface area contributed by atoms with Crippen LogP contribution in [0.1, 0.15) is 34.6 Å². The minimum absolute atomic E-state index is 0.105. The summed E-state index contributed by atoms with van der Waals surface area (Å²) in [5, 5.41) is 0. The Morgan fingerprint density at radius 2 is 2.20 bits per heavy atom. The SMILES string of the molecule is CCOc1cc(C=O)cc(C(C)=O)c1Br. The largest absolute Gasteiger partial charge is 0.493 e. The summed E-state index contributed by atoms with van der Waals surface area (Å²) in [5.74, 6) is 0.416. The highest BCUT2D eigenvalue weighted by molar-refractivity contribution is 9.10. The minimum atomic E-state index is -0.105. The van der Waals surface area contributed by atoms with Gasteiger partial charge in [-0.3, -0.25) is 9.59 Å². The number of carbonyl (C=O) groups excluding carboxylic acids is 2. The van der Waals surface area contributed by atoms with E-state index < -0.39 is 0 Å². The van der Waals surface area contributed by atoms with Gasteiger partial charge in [0.2, 0.25) is 0 Å². The van der Waals surface area contributed by atoms with E-state index in [1.165, 1.54) is 6.92 Å². The Hall–Kier alpha value is -1.16. The molecule has 0 radical (unpaired) electrons. The molecule has 0 fully saturated rings. The summed E-state index contributed by atoms with van der Waals surface area (Å²) in [4.78, 5) is 22.0. The van der Waals surface area contributed by atoms with Crippen LogP contribution in [0.4, 0.5) is 0 Å². The van der Waals surface area contributed by atoms with E-state index in [1.807, 2.05) is 6.92 Å². The van der Waals surface area contributed by atoms with Crippen LogP contribution in [-0.4, -0.2) is 18.7 Å². The van der Waals surface area contributed by atoms with E-state index in [4.69, 9.17) is 4.74 Å². The fourth-order valence-electron chi connectivity index (χ4n) is 1.20. The number of hydrogen-bond donors (Lipinski definition) is 0. The zero-order valence-corrected chi connectivity index (χ0v) is 10.1. The Morgan fingerprint density at radius 1 is 1.53 bits per heavy atom. The van der Waals surface area contributed by atoms with E-state index in [2.05, 4.69) is 15.9 Å². The fraction of sp³-hybridized carbons (Fsp3) is 0.273. The summed E-state index contributed by atoms with van der Waals surface area (Å²) in [5.41, 5.74) is 0.898. The van der Waals surface area contributed by atoms with Gasteiger partial charge in [-0.1, -0.05) is 0 Å². The zero-order valence-electron chi connectivity index (χ0n) is 8.54. The van der Waals surface area contributed by atoms with Gasteiger partial charge >= 0.3 is 0 Å². The van der Waals surface area contributed by atoms with Crippen LogP contribution in [0.2, 0.25) is 0 Å². The summed E-state index contributed by atoms with van der Waals surface area (Å²) in [6.45, 7) is 3.77. The summed E-state index contributed by atoms with van der Waals surface area (Å²) in [6, 6.07) is 3.15. The molecule has 0 unspecified atom stereocenters. The molecular weight excluding hydrogens is 260 g/mol. The van der Waals surface area contributed by atoms with Gasteiger partial charge in [-0.05, 0) is 41.9 Å². The maximum Gasteiger partial charge on any atom is 0.161 e. The molecule has 0 aliphatic rings. The highest BCUT2D eigenvalue weighted by atomic mass is 79.9. The number of Topliss-reactive ketones (excluding diaryl/α,β-unsaturated/α-hetero) is 1. The third kappa shape index (κ3) is 2.65. The lowest BCUT2D eigenvalue weighted by Crippen LogP contribution is -2.00. The van der Waals surface area contributed by atoms with Gasteiger partial charge in [0.25, 0.3) is 0 Å². The average Bonchev–Trinajstić information content (AvgIpc) is 2.21. The molecule has 0 aromatic heterocycles. The third-order valence-electron chi connectivity index (χ3n) is 1.88. The number of ketones is 1. The van der Waals surface area contributed by atoms with E-state index in [9.17, 15) is 9.59 Å². The molecule has 80 valence electrons. The van der Waals surface area contributed by atoms with E-state index in [0.717, 1.165) is 0 Å². The molecule has 1 rings (SSSR count). The van der Waals surface area contributed by atoms with Crippen LogP contribution in [0.15, 0.2) is 16.6 Å². The lowest BCUT2D eigenvalue weighted by molar-refractivity contribution is 0.101. The first-order chi connectivity index (χ1) is 7.10. The lowest BCUT2D eigenvalue weighted by atomic mass is 10.1. The summed E-state index contributed by atoms with van der Waals surface area (Å²) in [7, 11) is 0. The highest BCUT2D eigenvalue weighted by Gasteiger charge is 2.12. The van der Waals surface area contributed by atoms with Crippen molar-refractivity contribution in [2.24, 2.45) is 0 Å². The molecule has 0 atom stereocenters. The molecule has 1 aromatic carbocycles. The molecule has 0 saturated carbocycles. The van der Waals surface area contributed by atoms with E-state index in [-0.39, 0.29) is 5.78 Å². The molecule has 0 spiro atoms. The number of ether oxygens (including phenoxy) is 1. The van der Waals surface area contributed by atoms with Crippen molar-refractivity contribution in [3.8, 4) is 5.75 Å². The van der Waals surface area contributed by atoms with Crippen LogP contribution in [0.5, 0.6) is 5.75 Å². The summed E-state index contributed by atoms with van der Waals surface area (Å²) in [6.07, 6.45) is 0.696. The van der Waals surface area contributed by atoms with Gasteiger partial charge in [0.05, 0.1) is 11.1 Å². The van der Waals surface area contributed by atoms with Gasteiger partial charge in [0.15, 0.2) is 5.78 Å². The van der Waals surface area contributed by atoms with Gasteiger partial charge in [-0.25, -0.2) is 0 Å². The molecule has 4 heteroatoms. The predicted octanol–water partition coefficient (Wildman–Crippen LogP) is 2.86. The van der Waals surface area contributed by atoms with Crippen LogP contribution in [0.3, 0.4) is 0 Å². The number of carbonyl (C=O) groups is 2. The van der Waals surface area contributed by atoms with Gasteiger partial charge in [0.1, 0.15) is 12.0 Å². The maximum atomic E-state index is 11.3. The third-order valence-corrected chi connectivity index (χ3v) is 2.69. The Balaban J connectivity index is 3.32. The molecule has 0 amide bonds. The molecule has 3 nitrogen and oxygen atoms in total. The summed E-state index contributed by atoms with van der Waals surface area (Å²) < 4.78 is 5.91. The molecule has 0 aliphatic carbocycles. The van der Waals surface area contributed by atoms with Crippen LogP contribution < -0.4 is 4.74 Å². The van der Waals surface area contributed by atoms with Crippen molar-refractivity contribution in [3.63, 3.8) is 0 Å².